The highest BCUT2D eigenvalue weighted by Crippen LogP contribution is 2.27. The summed E-state index contributed by atoms with van der Waals surface area (Å²) in [6.07, 6.45) is 1.11. The minimum absolute atomic E-state index is 0.247. The summed E-state index contributed by atoms with van der Waals surface area (Å²) in [6, 6.07) is 10.1. The Morgan fingerprint density at radius 1 is 1.24 bits per heavy atom. The van der Waals surface area contributed by atoms with Crippen LogP contribution in [0.2, 0.25) is 0 Å². The molecule has 0 saturated heterocycles. The first kappa shape index (κ1) is 12.1. The Bertz CT molecular complexity index is 499. The van der Waals surface area contributed by atoms with Gasteiger partial charge in [0, 0.05) is 16.0 Å². The molecule has 2 rings (SSSR count). The molecule has 1 aromatic carbocycles. The average Bonchev–Trinajstić information content (AvgIpc) is 2.29. The third-order valence-corrected chi connectivity index (χ3v) is 3.19. The van der Waals surface area contributed by atoms with Gasteiger partial charge in [-0.05, 0) is 37.3 Å². The normalized spacial score (nSPS) is 12.4. The third-order valence-electron chi connectivity index (χ3n) is 2.22. The lowest BCUT2D eigenvalue weighted by Crippen LogP contribution is -1.94. The van der Waals surface area contributed by atoms with Gasteiger partial charge in [-0.3, -0.25) is 4.98 Å². The van der Waals surface area contributed by atoms with Crippen molar-refractivity contribution in [3.05, 3.63) is 54.1 Å². The largest absolute Gasteiger partial charge is 0.387 e. The van der Waals surface area contributed by atoms with Crippen LogP contribution in [0.3, 0.4) is 0 Å². The highest BCUT2D eigenvalue weighted by atomic mass is 32.2. The van der Waals surface area contributed by atoms with E-state index in [4.69, 9.17) is 0 Å². The quantitative estimate of drug-likeness (QED) is 0.904. The Morgan fingerprint density at radius 3 is 2.65 bits per heavy atom. The number of halogens is 1. The predicted octanol–water partition coefficient (Wildman–Crippen LogP) is 3.43. The maximum absolute atomic E-state index is 13.0. The Morgan fingerprint density at radius 2 is 2.06 bits per heavy atom. The van der Waals surface area contributed by atoms with E-state index >= 15 is 0 Å². The van der Waals surface area contributed by atoms with E-state index in [1.807, 2.05) is 12.1 Å². The molecule has 0 fully saturated rings. The molecule has 0 spiro atoms. The van der Waals surface area contributed by atoms with Gasteiger partial charge in [0.15, 0.2) is 0 Å². The third kappa shape index (κ3) is 3.28. The molecule has 1 atom stereocenters. The van der Waals surface area contributed by atoms with Gasteiger partial charge in [0.2, 0.25) is 0 Å². The van der Waals surface area contributed by atoms with E-state index in [9.17, 15) is 9.50 Å². The standard InChI is InChI=1S/C13H12FNOS/c1-9(16)13-6-5-12(8-15-13)17-11-4-2-3-10(14)7-11/h2-9,16H,1H3/t9-/m1/s1. The molecule has 1 aromatic heterocycles. The zero-order valence-corrected chi connectivity index (χ0v) is 10.1. The highest BCUT2D eigenvalue weighted by Gasteiger charge is 2.03. The maximum atomic E-state index is 13.0. The fourth-order valence-electron chi connectivity index (χ4n) is 1.37. The Kier molecular flexibility index (Phi) is 3.76. The summed E-state index contributed by atoms with van der Waals surface area (Å²) in [4.78, 5) is 5.88. The molecule has 0 bridgehead atoms. The molecule has 1 N–H and O–H groups in total. The summed E-state index contributed by atoms with van der Waals surface area (Å²) < 4.78 is 13.0. The van der Waals surface area contributed by atoms with Crippen molar-refractivity contribution in [2.24, 2.45) is 0 Å². The number of hydrogen-bond acceptors (Lipinski definition) is 3. The number of aliphatic hydroxyl groups is 1. The molecule has 88 valence electrons. The zero-order valence-electron chi connectivity index (χ0n) is 9.30. The van der Waals surface area contributed by atoms with E-state index in [0.717, 1.165) is 9.79 Å². The minimum Gasteiger partial charge on any atom is -0.387 e. The lowest BCUT2D eigenvalue weighted by atomic mass is 10.2. The van der Waals surface area contributed by atoms with Crippen LogP contribution in [0.5, 0.6) is 0 Å². The van der Waals surface area contributed by atoms with Gasteiger partial charge < -0.3 is 5.11 Å². The summed E-state index contributed by atoms with van der Waals surface area (Å²) in [6.45, 7) is 1.67. The first-order valence-electron chi connectivity index (χ1n) is 5.22. The van der Waals surface area contributed by atoms with Gasteiger partial charge in [0.25, 0.3) is 0 Å². The summed E-state index contributed by atoms with van der Waals surface area (Å²) in [5.74, 6) is -0.247. The predicted molar refractivity (Wildman–Crippen MR) is 65.4 cm³/mol. The Hall–Kier alpha value is -1.39. The van der Waals surface area contributed by atoms with Gasteiger partial charge in [-0.2, -0.15) is 0 Å². The molecule has 17 heavy (non-hydrogen) atoms. The summed E-state index contributed by atoms with van der Waals surface area (Å²) in [5, 5.41) is 9.32. The number of aliphatic hydroxyl groups excluding tert-OH is 1. The molecule has 0 aliphatic carbocycles. The van der Waals surface area contributed by atoms with Gasteiger partial charge >= 0.3 is 0 Å². The van der Waals surface area contributed by atoms with E-state index in [1.54, 1.807) is 25.3 Å². The fraction of sp³-hybridized carbons (Fsp3) is 0.154. The molecular formula is C13H12FNOS. The van der Waals surface area contributed by atoms with Crippen LogP contribution in [0, 0.1) is 5.82 Å². The molecule has 1 heterocycles. The molecular weight excluding hydrogens is 237 g/mol. The van der Waals surface area contributed by atoms with E-state index in [2.05, 4.69) is 4.98 Å². The fourth-order valence-corrected chi connectivity index (χ4v) is 2.20. The van der Waals surface area contributed by atoms with Crippen molar-refractivity contribution >= 4 is 11.8 Å². The van der Waals surface area contributed by atoms with Crippen LogP contribution in [0.1, 0.15) is 18.7 Å². The number of aromatic nitrogens is 1. The molecule has 2 nitrogen and oxygen atoms in total. The second-order valence-electron chi connectivity index (χ2n) is 3.65. The minimum atomic E-state index is -0.566. The van der Waals surface area contributed by atoms with Gasteiger partial charge in [0.1, 0.15) is 5.82 Å². The maximum Gasteiger partial charge on any atom is 0.124 e. The van der Waals surface area contributed by atoms with Crippen LogP contribution < -0.4 is 0 Å². The number of hydrogen-bond donors (Lipinski definition) is 1. The number of pyridine rings is 1. The molecule has 4 heteroatoms. The lowest BCUT2D eigenvalue weighted by Gasteiger charge is -2.05. The van der Waals surface area contributed by atoms with Crippen molar-refractivity contribution in [2.75, 3.05) is 0 Å². The molecule has 0 unspecified atom stereocenters. The summed E-state index contributed by atoms with van der Waals surface area (Å²) in [5.41, 5.74) is 0.633. The second-order valence-corrected chi connectivity index (χ2v) is 4.80. The van der Waals surface area contributed by atoms with E-state index in [0.29, 0.717) is 5.69 Å². The van der Waals surface area contributed by atoms with Crippen molar-refractivity contribution in [2.45, 2.75) is 22.8 Å². The average molecular weight is 249 g/mol. The van der Waals surface area contributed by atoms with Crippen molar-refractivity contribution in [1.29, 1.82) is 0 Å². The van der Waals surface area contributed by atoms with Crippen LogP contribution in [0.15, 0.2) is 52.4 Å². The summed E-state index contributed by atoms with van der Waals surface area (Å²) in [7, 11) is 0. The highest BCUT2D eigenvalue weighted by molar-refractivity contribution is 7.99. The summed E-state index contributed by atoms with van der Waals surface area (Å²) >= 11 is 1.44. The number of rotatable bonds is 3. The Balaban J connectivity index is 2.14. The SMILES string of the molecule is C[C@@H](O)c1ccc(Sc2cccc(F)c2)cn1. The first-order chi connectivity index (χ1) is 8.15. The van der Waals surface area contributed by atoms with Crippen molar-refractivity contribution in [1.82, 2.24) is 4.98 Å². The monoisotopic (exact) mass is 249 g/mol. The first-order valence-corrected chi connectivity index (χ1v) is 6.04. The second kappa shape index (κ2) is 5.29. The van der Waals surface area contributed by atoms with Gasteiger partial charge in [-0.25, -0.2) is 4.39 Å². The molecule has 0 radical (unpaired) electrons. The molecule has 0 aliphatic rings. The smallest absolute Gasteiger partial charge is 0.124 e. The van der Waals surface area contributed by atoms with Crippen molar-refractivity contribution in [3.63, 3.8) is 0 Å². The van der Waals surface area contributed by atoms with Gasteiger partial charge in [0.05, 0.1) is 11.8 Å². The van der Waals surface area contributed by atoms with Crippen LogP contribution in [-0.2, 0) is 0 Å². The topological polar surface area (TPSA) is 33.1 Å². The number of benzene rings is 1. The number of nitrogens with zero attached hydrogens (tertiary/aromatic N) is 1. The van der Waals surface area contributed by atoms with Gasteiger partial charge in [-0.15, -0.1) is 0 Å². The zero-order chi connectivity index (χ0) is 12.3. The Labute approximate surface area is 104 Å². The molecule has 0 saturated carbocycles. The van der Waals surface area contributed by atoms with Crippen LogP contribution in [0.4, 0.5) is 4.39 Å². The van der Waals surface area contributed by atoms with Crippen LogP contribution >= 0.6 is 11.8 Å². The van der Waals surface area contributed by atoms with E-state index < -0.39 is 6.10 Å². The van der Waals surface area contributed by atoms with E-state index in [1.165, 1.54) is 23.9 Å². The molecule has 2 aromatic rings. The molecule has 0 amide bonds. The van der Waals surface area contributed by atoms with Crippen molar-refractivity contribution in [3.8, 4) is 0 Å². The van der Waals surface area contributed by atoms with Gasteiger partial charge in [-0.1, -0.05) is 17.8 Å². The van der Waals surface area contributed by atoms with Crippen LogP contribution in [0.25, 0.3) is 0 Å². The van der Waals surface area contributed by atoms with E-state index in [-0.39, 0.29) is 5.82 Å². The van der Waals surface area contributed by atoms with Crippen molar-refractivity contribution < 1.29 is 9.50 Å². The van der Waals surface area contributed by atoms with Crippen LogP contribution in [-0.4, -0.2) is 10.1 Å². The molecule has 0 aliphatic heterocycles. The lowest BCUT2D eigenvalue weighted by molar-refractivity contribution is 0.194.